The molecule has 21 heavy (non-hydrogen) atoms. The van der Waals surface area contributed by atoms with E-state index in [1.807, 2.05) is 25.1 Å². The summed E-state index contributed by atoms with van der Waals surface area (Å²) < 4.78 is 0. The van der Waals surface area contributed by atoms with E-state index >= 15 is 0 Å². The van der Waals surface area contributed by atoms with Crippen LogP contribution in [0.5, 0.6) is 0 Å². The summed E-state index contributed by atoms with van der Waals surface area (Å²) in [5.41, 5.74) is 8.33. The van der Waals surface area contributed by atoms with Gasteiger partial charge in [0.05, 0.1) is 0 Å². The molecular weight excluding hydrogens is 260 g/mol. The van der Waals surface area contributed by atoms with E-state index in [0.29, 0.717) is 5.69 Å². The molecular formula is C18H24N2O. The summed E-state index contributed by atoms with van der Waals surface area (Å²) in [6.07, 6.45) is 7.75. The van der Waals surface area contributed by atoms with Crippen molar-refractivity contribution in [1.29, 1.82) is 0 Å². The second-order valence-electron chi connectivity index (χ2n) is 7.73. The first-order valence-corrected chi connectivity index (χ1v) is 8.22. The highest BCUT2D eigenvalue weighted by Gasteiger charge is 2.51. The lowest BCUT2D eigenvalue weighted by Crippen LogP contribution is -2.59. The van der Waals surface area contributed by atoms with E-state index in [0.717, 1.165) is 28.9 Å². The summed E-state index contributed by atoms with van der Waals surface area (Å²) in [7, 11) is 0. The molecule has 5 rings (SSSR count). The number of hydrogen-bond acceptors (Lipinski definition) is 2. The van der Waals surface area contributed by atoms with Gasteiger partial charge in [-0.05, 0) is 80.9 Å². The Bertz CT molecular complexity index is 558. The zero-order valence-electron chi connectivity index (χ0n) is 12.7. The minimum atomic E-state index is 0.0711. The van der Waals surface area contributed by atoms with Gasteiger partial charge in [0.1, 0.15) is 0 Å². The predicted molar refractivity (Wildman–Crippen MR) is 84.0 cm³/mol. The van der Waals surface area contributed by atoms with Gasteiger partial charge in [-0.3, -0.25) is 4.79 Å². The van der Waals surface area contributed by atoms with Crippen molar-refractivity contribution in [3.05, 3.63) is 29.3 Å². The summed E-state index contributed by atoms with van der Waals surface area (Å²) in [4.78, 5) is 12.7. The highest BCUT2D eigenvalue weighted by molar-refractivity contribution is 5.97. The molecule has 0 radical (unpaired) electrons. The zero-order chi connectivity index (χ0) is 14.6. The van der Waals surface area contributed by atoms with Crippen LogP contribution in [0.2, 0.25) is 0 Å². The summed E-state index contributed by atoms with van der Waals surface area (Å²) in [6, 6.07) is 5.60. The standard InChI is InChI=1S/C18H24N2O/c1-11-2-3-15(19)7-16(11)17(21)20-18-8-12-4-13(9-18)6-14(5-12)10-18/h2-3,7,12-14H,4-6,8-10,19H2,1H3,(H,20,21). The van der Waals surface area contributed by atoms with Crippen LogP contribution in [0.4, 0.5) is 5.69 Å². The molecule has 0 aromatic heterocycles. The first kappa shape index (κ1) is 13.2. The molecule has 0 spiro atoms. The third-order valence-corrected chi connectivity index (χ3v) is 5.92. The SMILES string of the molecule is Cc1ccc(N)cc1C(=O)NC12CC3CC(CC(C3)C1)C2. The number of nitrogens with one attached hydrogen (secondary N) is 1. The Morgan fingerprint density at radius 2 is 1.71 bits per heavy atom. The maximum absolute atomic E-state index is 12.7. The summed E-state index contributed by atoms with van der Waals surface area (Å²) >= 11 is 0. The van der Waals surface area contributed by atoms with E-state index in [4.69, 9.17) is 5.73 Å². The van der Waals surface area contributed by atoms with E-state index < -0.39 is 0 Å². The van der Waals surface area contributed by atoms with Crippen LogP contribution in [-0.4, -0.2) is 11.4 Å². The Morgan fingerprint density at radius 1 is 1.14 bits per heavy atom. The Kier molecular flexibility index (Phi) is 2.82. The molecule has 1 amide bonds. The maximum atomic E-state index is 12.7. The lowest BCUT2D eigenvalue weighted by molar-refractivity contribution is -0.0167. The Labute approximate surface area is 126 Å². The van der Waals surface area contributed by atoms with Gasteiger partial charge in [0.15, 0.2) is 0 Å². The molecule has 1 aromatic carbocycles. The Hall–Kier alpha value is -1.51. The number of aryl methyl sites for hydroxylation is 1. The molecule has 3 heteroatoms. The molecule has 4 aliphatic carbocycles. The summed E-state index contributed by atoms with van der Waals surface area (Å²) in [5, 5.41) is 3.41. The molecule has 3 N–H and O–H groups in total. The van der Waals surface area contributed by atoms with Crippen LogP contribution in [0.15, 0.2) is 18.2 Å². The lowest BCUT2D eigenvalue weighted by atomic mass is 9.53. The predicted octanol–water partition coefficient (Wildman–Crippen LogP) is 3.28. The minimum Gasteiger partial charge on any atom is -0.399 e. The molecule has 112 valence electrons. The van der Waals surface area contributed by atoms with Gasteiger partial charge in [0.2, 0.25) is 0 Å². The number of rotatable bonds is 2. The van der Waals surface area contributed by atoms with Crippen molar-refractivity contribution in [3.63, 3.8) is 0 Å². The molecule has 4 bridgehead atoms. The van der Waals surface area contributed by atoms with Crippen LogP contribution in [-0.2, 0) is 0 Å². The van der Waals surface area contributed by atoms with Gasteiger partial charge >= 0.3 is 0 Å². The van der Waals surface area contributed by atoms with Crippen LogP contribution in [0.25, 0.3) is 0 Å². The highest BCUT2D eigenvalue weighted by atomic mass is 16.1. The number of nitrogen functional groups attached to an aromatic ring is 1. The maximum Gasteiger partial charge on any atom is 0.252 e. The molecule has 0 heterocycles. The van der Waals surface area contributed by atoms with Crippen molar-refractivity contribution < 1.29 is 4.79 Å². The fraction of sp³-hybridized carbons (Fsp3) is 0.611. The highest BCUT2D eigenvalue weighted by Crippen LogP contribution is 2.55. The van der Waals surface area contributed by atoms with E-state index in [2.05, 4.69) is 5.32 Å². The molecule has 4 saturated carbocycles. The second kappa shape index (κ2) is 4.49. The fourth-order valence-corrected chi connectivity index (χ4v) is 5.46. The number of benzene rings is 1. The fourth-order valence-electron chi connectivity index (χ4n) is 5.46. The quantitative estimate of drug-likeness (QED) is 0.819. The van der Waals surface area contributed by atoms with Gasteiger partial charge in [-0.25, -0.2) is 0 Å². The first-order valence-electron chi connectivity index (χ1n) is 8.22. The van der Waals surface area contributed by atoms with Crippen LogP contribution < -0.4 is 11.1 Å². The zero-order valence-corrected chi connectivity index (χ0v) is 12.7. The number of hydrogen-bond donors (Lipinski definition) is 2. The average molecular weight is 284 g/mol. The summed E-state index contributed by atoms with van der Waals surface area (Å²) in [5.74, 6) is 2.61. The van der Waals surface area contributed by atoms with Gasteiger partial charge in [-0.1, -0.05) is 6.07 Å². The molecule has 4 fully saturated rings. The van der Waals surface area contributed by atoms with Gasteiger partial charge in [-0.2, -0.15) is 0 Å². The number of carbonyl (C=O) groups excluding carboxylic acids is 1. The topological polar surface area (TPSA) is 55.1 Å². The molecule has 0 unspecified atom stereocenters. The largest absolute Gasteiger partial charge is 0.399 e. The van der Waals surface area contributed by atoms with Gasteiger partial charge in [0.25, 0.3) is 5.91 Å². The van der Waals surface area contributed by atoms with Crippen molar-refractivity contribution in [2.75, 3.05) is 5.73 Å². The number of anilines is 1. The normalized spacial score (nSPS) is 36.7. The average Bonchev–Trinajstić information content (AvgIpc) is 2.39. The van der Waals surface area contributed by atoms with Crippen molar-refractivity contribution in [1.82, 2.24) is 5.32 Å². The van der Waals surface area contributed by atoms with E-state index in [9.17, 15) is 4.79 Å². The van der Waals surface area contributed by atoms with Crippen molar-refractivity contribution in [3.8, 4) is 0 Å². The number of amides is 1. The van der Waals surface area contributed by atoms with Gasteiger partial charge in [0, 0.05) is 16.8 Å². The Morgan fingerprint density at radius 3 is 2.29 bits per heavy atom. The van der Waals surface area contributed by atoms with Crippen LogP contribution in [0.3, 0.4) is 0 Å². The number of nitrogens with two attached hydrogens (primary N) is 1. The molecule has 4 aliphatic rings. The van der Waals surface area contributed by atoms with E-state index in [-0.39, 0.29) is 11.4 Å². The van der Waals surface area contributed by atoms with Crippen LogP contribution >= 0.6 is 0 Å². The minimum absolute atomic E-state index is 0.0711. The molecule has 0 atom stereocenters. The molecule has 3 nitrogen and oxygen atoms in total. The molecule has 0 aliphatic heterocycles. The smallest absolute Gasteiger partial charge is 0.252 e. The van der Waals surface area contributed by atoms with E-state index in [1.54, 1.807) is 0 Å². The molecule has 1 aromatic rings. The lowest BCUT2D eigenvalue weighted by Gasteiger charge is -2.56. The van der Waals surface area contributed by atoms with Crippen LogP contribution in [0.1, 0.15) is 54.4 Å². The van der Waals surface area contributed by atoms with E-state index in [1.165, 1.54) is 38.5 Å². The number of carbonyl (C=O) groups is 1. The molecule has 0 saturated heterocycles. The second-order valence-corrected chi connectivity index (χ2v) is 7.73. The van der Waals surface area contributed by atoms with Gasteiger partial charge < -0.3 is 11.1 Å². The van der Waals surface area contributed by atoms with Crippen molar-refractivity contribution in [2.45, 2.75) is 51.0 Å². The monoisotopic (exact) mass is 284 g/mol. The Balaban J connectivity index is 1.58. The van der Waals surface area contributed by atoms with Crippen molar-refractivity contribution >= 4 is 11.6 Å². The van der Waals surface area contributed by atoms with Crippen molar-refractivity contribution in [2.24, 2.45) is 17.8 Å². The van der Waals surface area contributed by atoms with Crippen LogP contribution in [0, 0.1) is 24.7 Å². The third kappa shape index (κ3) is 2.23. The van der Waals surface area contributed by atoms with Gasteiger partial charge in [-0.15, -0.1) is 0 Å². The third-order valence-electron chi connectivity index (χ3n) is 5.92. The summed E-state index contributed by atoms with van der Waals surface area (Å²) in [6.45, 7) is 1.98. The first-order chi connectivity index (χ1) is 10.0.